The molecule has 6 rings (SSSR count). The number of amides is 4. The molecule has 0 radical (unpaired) electrons. The number of carbonyl (C=O) groups is 4. The molecule has 2 aromatic rings. The molecule has 3 saturated carbocycles. The van der Waals surface area contributed by atoms with E-state index in [1.165, 1.54) is 19.9 Å². The van der Waals surface area contributed by atoms with Gasteiger partial charge in [-0.25, -0.2) is 32.0 Å². The topological polar surface area (TPSA) is 186 Å². The van der Waals surface area contributed by atoms with Gasteiger partial charge in [-0.15, -0.1) is 0 Å². The minimum Gasteiger partial charge on any atom is -0.471 e. The molecule has 19 heteroatoms. The van der Waals surface area contributed by atoms with E-state index in [1.54, 1.807) is 18.2 Å². The lowest BCUT2D eigenvalue weighted by atomic mass is 9.88. The number of fused-ring (bicyclic) bond motifs is 1. The van der Waals surface area contributed by atoms with Gasteiger partial charge in [0, 0.05) is 18.4 Å². The Hall–Kier alpha value is -4.29. The number of hydrogen-bond acceptors (Lipinski definition) is 10. The van der Waals surface area contributed by atoms with Gasteiger partial charge in [0.15, 0.2) is 5.69 Å². The van der Waals surface area contributed by atoms with E-state index in [1.807, 2.05) is 32.4 Å². The minimum atomic E-state index is -4.23. The van der Waals surface area contributed by atoms with Gasteiger partial charge in [-0.05, 0) is 88.7 Å². The Kier molecular flexibility index (Phi) is 12.7. The van der Waals surface area contributed by atoms with Crippen molar-refractivity contribution in [3.05, 3.63) is 30.0 Å². The molecule has 8 atom stereocenters. The molecule has 332 valence electrons. The van der Waals surface area contributed by atoms with E-state index in [2.05, 4.69) is 20.6 Å². The smallest absolute Gasteiger partial charge is 0.407 e. The van der Waals surface area contributed by atoms with Crippen molar-refractivity contribution in [2.45, 2.75) is 153 Å². The molecule has 1 aromatic carbocycles. The predicted octanol–water partition coefficient (Wildman–Crippen LogP) is 5.97. The molecule has 0 unspecified atom stereocenters. The van der Waals surface area contributed by atoms with Gasteiger partial charge in [0.05, 0.1) is 28.2 Å². The molecular formula is C41H56F4N6O8S. The van der Waals surface area contributed by atoms with Crippen molar-refractivity contribution in [2.24, 2.45) is 23.2 Å². The number of hydrogen-bond donors (Lipinski definition) is 3. The fraction of sp³-hybridized carbons (Fsp3) is 0.707. The molecular weight excluding hydrogens is 813 g/mol. The van der Waals surface area contributed by atoms with E-state index in [4.69, 9.17) is 9.47 Å². The summed E-state index contributed by atoms with van der Waals surface area (Å²) in [6.45, 7) is 10.6. The zero-order valence-corrected chi connectivity index (χ0v) is 35.6. The number of likely N-dealkylation sites (tertiary alicyclic amines) is 1. The molecule has 14 nitrogen and oxygen atoms in total. The lowest BCUT2D eigenvalue weighted by Crippen LogP contribution is -2.57. The molecule has 4 aliphatic rings. The highest BCUT2D eigenvalue weighted by Gasteiger charge is 2.67. The molecule has 4 amide bonds. The Bertz CT molecular complexity index is 2070. The second kappa shape index (κ2) is 16.9. The van der Waals surface area contributed by atoms with Crippen LogP contribution in [0.2, 0.25) is 0 Å². The first-order valence-corrected chi connectivity index (χ1v) is 22.2. The normalized spacial score (nSPS) is 27.9. The van der Waals surface area contributed by atoms with Crippen LogP contribution in [-0.2, 0) is 35.1 Å². The maximum absolute atomic E-state index is 16.3. The third-order valence-corrected chi connectivity index (χ3v) is 15.2. The number of alkyl carbamates (subject to hydrolysis) is 1. The van der Waals surface area contributed by atoms with Crippen LogP contribution in [0.3, 0.4) is 0 Å². The Balaban J connectivity index is 1.13. The number of nitrogens with zero attached hydrogens (tertiary/aromatic N) is 3. The van der Waals surface area contributed by atoms with E-state index in [0.29, 0.717) is 25.7 Å². The number of carbonyl (C=O) groups excluding carboxylic acids is 4. The summed E-state index contributed by atoms with van der Waals surface area (Å²) >= 11 is 0. The first-order valence-electron chi connectivity index (χ1n) is 20.7. The van der Waals surface area contributed by atoms with E-state index in [-0.39, 0.29) is 60.3 Å². The van der Waals surface area contributed by atoms with E-state index in [9.17, 15) is 36.4 Å². The molecule has 3 N–H and O–H groups in total. The number of para-hydroxylation sites is 2. The average molecular weight is 869 g/mol. The molecule has 60 heavy (non-hydrogen) atoms. The summed E-state index contributed by atoms with van der Waals surface area (Å²) in [5.74, 6) is -8.94. The Labute approximate surface area is 347 Å². The number of alkyl halides is 4. The number of nitrogens with one attached hydrogen (secondary N) is 3. The van der Waals surface area contributed by atoms with Crippen LogP contribution in [0.4, 0.5) is 22.4 Å². The van der Waals surface area contributed by atoms with Crippen LogP contribution in [0.15, 0.2) is 24.3 Å². The lowest BCUT2D eigenvalue weighted by Gasteiger charge is -2.29. The van der Waals surface area contributed by atoms with Gasteiger partial charge in [-0.2, -0.15) is 8.78 Å². The van der Waals surface area contributed by atoms with Crippen molar-refractivity contribution in [3.8, 4) is 5.88 Å². The van der Waals surface area contributed by atoms with Gasteiger partial charge in [0.25, 0.3) is 11.8 Å². The Morgan fingerprint density at radius 1 is 1.05 bits per heavy atom. The lowest BCUT2D eigenvalue weighted by molar-refractivity contribution is -0.135. The largest absolute Gasteiger partial charge is 0.471 e. The zero-order chi connectivity index (χ0) is 44.0. The summed E-state index contributed by atoms with van der Waals surface area (Å²) < 4.78 is 98.6. The van der Waals surface area contributed by atoms with Gasteiger partial charge in [-0.3, -0.25) is 19.1 Å². The van der Waals surface area contributed by atoms with Crippen LogP contribution < -0.4 is 20.1 Å². The highest BCUT2D eigenvalue weighted by Crippen LogP contribution is 2.50. The van der Waals surface area contributed by atoms with Gasteiger partial charge in [0.2, 0.25) is 34.6 Å². The first kappa shape index (κ1) is 45.2. The fourth-order valence-corrected chi connectivity index (χ4v) is 9.45. The summed E-state index contributed by atoms with van der Waals surface area (Å²) in [4.78, 5) is 61.6. The number of unbranched alkanes of at least 4 members (excludes halogenated alkanes) is 1. The van der Waals surface area contributed by atoms with Crippen molar-refractivity contribution in [1.29, 1.82) is 0 Å². The molecule has 3 aliphatic carbocycles. The van der Waals surface area contributed by atoms with Crippen molar-refractivity contribution in [3.63, 3.8) is 0 Å². The van der Waals surface area contributed by atoms with E-state index < -0.39 is 99.0 Å². The number of ether oxygens (including phenoxy) is 2. The number of halogens is 4. The van der Waals surface area contributed by atoms with Crippen LogP contribution in [0, 0.1) is 23.2 Å². The van der Waals surface area contributed by atoms with Crippen LogP contribution in [0.1, 0.15) is 111 Å². The highest BCUT2D eigenvalue weighted by atomic mass is 32.2. The first-order chi connectivity index (χ1) is 28.0. The molecule has 2 heterocycles. The van der Waals surface area contributed by atoms with Crippen molar-refractivity contribution in [2.75, 3.05) is 6.54 Å². The van der Waals surface area contributed by atoms with E-state index >= 15 is 8.78 Å². The summed E-state index contributed by atoms with van der Waals surface area (Å²) in [6.07, 6.45) is -1.76. The molecule has 0 bridgehead atoms. The number of sulfonamides is 1. The van der Waals surface area contributed by atoms with Gasteiger partial charge in [0.1, 0.15) is 23.8 Å². The van der Waals surface area contributed by atoms with Gasteiger partial charge in [-0.1, -0.05) is 46.2 Å². The zero-order valence-electron chi connectivity index (χ0n) is 34.8. The molecule has 1 aliphatic heterocycles. The van der Waals surface area contributed by atoms with Crippen molar-refractivity contribution in [1.82, 2.24) is 30.2 Å². The van der Waals surface area contributed by atoms with Crippen LogP contribution >= 0.6 is 0 Å². The fourth-order valence-electron chi connectivity index (χ4n) is 8.14. The summed E-state index contributed by atoms with van der Waals surface area (Å²) in [5, 5.41) is 5.20. The highest BCUT2D eigenvalue weighted by molar-refractivity contribution is 7.91. The minimum absolute atomic E-state index is 0.0353. The monoisotopic (exact) mass is 868 g/mol. The van der Waals surface area contributed by atoms with Crippen molar-refractivity contribution >= 4 is 45.4 Å². The number of rotatable bonds is 17. The summed E-state index contributed by atoms with van der Waals surface area (Å²) in [7, 11) is -4.23. The van der Waals surface area contributed by atoms with Crippen LogP contribution in [0.25, 0.3) is 11.0 Å². The van der Waals surface area contributed by atoms with Crippen molar-refractivity contribution < 1.29 is 54.6 Å². The average Bonchev–Trinajstić information content (AvgIpc) is 4.02. The van der Waals surface area contributed by atoms with Crippen LogP contribution in [-0.4, -0.2) is 95.2 Å². The standard InChI is InChI=1S/C41H56F4N6O8S/c1-23-30(21-51(22-52)31(23)34(53)49-40(20-26(40)33(42)43)36(54)50-60(56,57)39(6)18-19-39)58-35-32(47-27-14-7-8-15-28(27)48-35)41(44,45)17-10-9-12-25-13-11-16-29(25)59-37(55)46-24(2)38(3,4)5/h7-8,14-15,22-26,29-31,33H,9-13,16-21H2,1-6H3,(H,46,55)(H,49,53)(H,50,54)/t23-,24-,25-,26+,29-,30+,31+,40-/m1/s1. The summed E-state index contributed by atoms with van der Waals surface area (Å²) in [6, 6.07) is 4.85. The van der Waals surface area contributed by atoms with Gasteiger partial charge < -0.3 is 25.0 Å². The maximum atomic E-state index is 16.3. The third-order valence-electron chi connectivity index (χ3n) is 13.1. The quantitative estimate of drug-likeness (QED) is 0.0972. The Morgan fingerprint density at radius 3 is 2.32 bits per heavy atom. The molecule has 4 fully saturated rings. The molecule has 1 saturated heterocycles. The second-order valence-electron chi connectivity index (χ2n) is 18.4. The summed E-state index contributed by atoms with van der Waals surface area (Å²) in [5.41, 5.74) is -2.69. The number of benzene rings is 1. The molecule has 0 spiro atoms. The molecule has 1 aromatic heterocycles. The Morgan fingerprint density at radius 2 is 1.72 bits per heavy atom. The SMILES string of the molecule is C[C@@H]1[C@@H](Oc2nc3ccccc3nc2C(F)(F)CCCC[C@@H]2CCC[C@H]2OC(=O)N[C@H](C)C(C)(C)C)CN(C=O)[C@@H]1C(=O)N[C@]1(C(=O)NS(=O)(=O)C2(C)CC2)C[C@H]1C(F)F. The van der Waals surface area contributed by atoms with Gasteiger partial charge >= 0.3 is 6.09 Å². The third kappa shape index (κ3) is 9.44. The number of aromatic nitrogens is 2. The predicted molar refractivity (Wildman–Crippen MR) is 211 cm³/mol. The maximum Gasteiger partial charge on any atom is 0.407 e. The van der Waals surface area contributed by atoms with E-state index in [0.717, 1.165) is 17.7 Å². The second-order valence-corrected chi connectivity index (χ2v) is 20.6. The van der Waals surface area contributed by atoms with Crippen LogP contribution in [0.5, 0.6) is 5.88 Å².